The highest BCUT2D eigenvalue weighted by Crippen LogP contribution is 2.35. The second kappa shape index (κ2) is 6.01. The summed E-state index contributed by atoms with van der Waals surface area (Å²) in [6, 6.07) is 10.5. The van der Waals surface area contributed by atoms with Gasteiger partial charge in [0.05, 0.1) is 15.6 Å². The van der Waals surface area contributed by atoms with Gasteiger partial charge in [-0.25, -0.2) is 4.98 Å². The average molecular weight is 363 g/mol. The number of nitrogens with zero attached hydrogens (tertiary/aromatic N) is 1. The Kier molecular flexibility index (Phi) is 3.88. The lowest BCUT2D eigenvalue weighted by molar-refractivity contribution is 1.16. The summed E-state index contributed by atoms with van der Waals surface area (Å²) in [4.78, 5) is 5.67. The van der Waals surface area contributed by atoms with E-state index >= 15 is 0 Å². The lowest BCUT2D eigenvalue weighted by atomic mass is 10.2. The maximum atomic E-state index is 6.17. The number of fused-ring (bicyclic) bond motifs is 1. The molecule has 0 aliphatic carbocycles. The Bertz CT molecular complexity index is 922. The Morgan fingerprint density at radius 1 is 1.05 bits per heavy atom. The monoisotopic (exact) mass is 362 g/mol. The fourth-order valence-corrected chi connectivity index (χ4v) is 5.10. The molecular formula is C16H11ClN2S3. The number of thiazole rings is 1. The first-order valence-electron chi connectivity index (χ1n) is 6.69. The summed E-state index contributed by atoms with van der Waals surface area (Å²) >= 11 is 11.2. The highest BCUT2D eigenvalue weighted by atomic mass is 35.5. The SMILES string of the molecule is Clc1ccsc1-c1csc(NCc2cccc3ccsc23)n1. The fraction of sp³-hybridized carbons (Fsp3) is 0.0625. The summed E-state index contributed by atoms with van der Waals surface area (Å²) in [7, 11) is 0. The highest BCUT2D eigenvalue weighted by molar-refractivity contribution is 7.17. The van der Waals surface area contributed by atoms with Crippen molar-refractivity contribution < 1.29 is 0 Å². The molecular weight excluding hydrogens is 352 g/mol. The largest absolute Gasteiger partial charge is 0.357 e. The van der Waals surface area contributed by atoms with Crippen LogP contribution in [0.2, 0.25) is 5.02 Å². The standard InChI is InChI=1S/C16H11ClN2S3/c17-12-5-7-21-15(12)13-9-22-16(19-13)18-8-11-3-1-2-10-4-6-20-14(10)11/h1-7,9H,8H2,(H,18,19). The molecule has 4 aromatic rings. The van der Waals surface area contributed by atoms with Crippen molar-refractivity contribution in [3.63, 3.8) is 0 Å². The van der Waals surface area contributed by atoms with Gasteiger partial charge in [0.2, 0.25) is 0 Å². The smallest absolute Gasteiger partial charge is 0.183 e. The van der Waals surface area contributed by atoms with Crippen LogP contribution in [0.15, 0.2) is 46.5 Å². The number of thiophene rings is 2. The summed E-state index contributed by atoms with van der Waals surface area (Å²) in [6.45, 7) is 0.781. The summed E-state index contributed by atoms with van der Waals surface area (Å²) in [5.41, 5.74) is 2.25. The van der Waals surface area contributed by atoms with E-state index in [1.807, 2.05) is 16.8 Å². The molecule has 3 aromatic heterocycles. The molecule has 0 unspecified atom stereocenters. The summed E-state index contributed by atoms with van der Waals surface area (Å²) < 4.78 is 1.34. The van der Waals surface area contributed by atoms with Crippen molar-refractivity contribution >= 4 is 60.8 Å². The second-order valence-electron chi connectivity index (χ2n) is 4.75. The Balaban J connectivity index is 1.54. The van der Waals surface area contributed by atoms with Gasteiger partial charge < -0.3 is 5.32 Å². The number of benzene rings is 1. The lowest BCUT2D eigenvalue weighted by Crippen LogP contribution is -1.98. The van der Waals surface area contributed by atoms with Crippen molar-refractivity contribution in [2.45, 2.75) is 6.54 Å². The van der Waals surface area contributed by atoms with Crippen molar-refractivity contribution in [3.05, 3.63) is 57.1 Å². The van der Waals surface area contributed by atoms with Crippen LogP contribution in [0.3, 0.4) is 0 Å². The van der Waals surface area contributed by atoms with Crippen LogP contribution in [0, 0.1) is 0 Å². The van der Waals surface area contributed by atoms with Crippen molar-refractivity contribution in [2.75, 3.05) is 5.32 Å². The van der Waals surface area contributed by atoms with E-state index < -0.39 is 0 Å². The number of halogens is 1. The van der Waals surface area contributed by atoms with Crippen LogP contribution in [0.4, 0.5) is 5.13 Å². The van der Waals surface area contributed by atoms with Crippen LogP contribution in [-0.2, 0) is 6.54 Å². The van der Waals surface area contributed by atoms with Crippen molar-refractivity contribution in [3.8, 4) is 10.6 Å². The molecule has 0 fully saturated rings. The van der Waals surface area contributed by atoms with E-state index in [-0.39, 0.29) is 0 Å². The summed E-state index contributed by atoms with van der Waals surface area (Å²) in [6.07, 6.45) is 0. The van der Waals surface area contributed by atoms with Gasteiger partial charge in [-0.1, -0.05) is 29.8 Å². The Hall–Kier alpha value is -1.40. The van der Waals surface area contributed by atoms with Crippen molar-refractivity contribution in [1.29, 1.82) is 0 Å². The van der Waals surface area contributed by atoms with Gasteiger partial charge in [-0.15, -0.1) is 34.0 Å². The minimum atomic E-state index is 0.769. The minimum Gasteiger partial charge on any atom is -0.357 e. The molecule has 0 bridgehead atoms. The highest BCUT2D eigenvalue weighted by Gasteiger charge is 2.10. The van der Waals surface area contributed by atoms with Gasteiger partial charge in [0, 0.05) is 16.6 Å². The Morgan fingerprint density at radius 2 is 1.95 bits per heavy atom. The van der Waals surface area contributed by atoms with E-state index in [0.29, 0.717) is 0 Å². The molecule has 4 rings (SSSR count). The molecule has 110 valence electrons. The number of aromatic nitrogens is 1. The Labute approximate surface area is 145 Å². The molecule has 1 aromatic carbocycles. The zero-order valence-corrected chi connectivity index (χ0v) is 14.6. The van der Waals surface area contributed by atoms with E-state index in [1.165, 1.54) is 15.6 Å². The third-order valence-electron chi connectivity index (χ3n) is 3.34. The number of nitrogens with one attached hydrogen (secondary N) is 1. The van der Waals surface area contributed by atoms with Gasteiger partial charge in [0.1, 0.15) is 0 Å². The lowest BCUT2D eigenvalue weighted by Gasteiger charge is -2.04. The fourth-order valence-electron chi connectivity index (χ4n) is 2.30. The van der Waals surface area contributed by atoms with Gasteiger partial charge >= 0.3 is 0 Å². The van der Waals surface area contributed by atoms with Gasteiger partial charge in [-0.2, -0.15) is 0 Å². The zero-order valence-electron chi connectivity index (χ0n) is 11.4. The van der Waals surface area contributed by atoms with Crippen molar-refractivity contribution in [1.82, 2.24) is 4.98 Å². The Morgan fingerprint density at radius 3 is 2.82 bits per heavy atom. The van der Waals surface area contributed by atoms with Crippen LogP contribution < -0.4 is 5.32 Å². The van der Waals surface area contributed by atoms with Gasteiger partial charge in [0.25, 0.3) is 0 Å². The van der Waals surface area contributed by atoms with Crippen LogP contribution >= 0.6 is 45.6 Å². The minimum absolute atomic E-state index is 0.769. The quantitative estimate of drug-likeness (QED) is 0.457. The second-order valence-corrected chi connectivity index (χ2v) is 7.84. The molecule has 0 spiro atoms. The number of hydrogen-bond donors (Lipinski definition) is 1. The maximum Gasteiger partial charge on any atom is 0.183 e. The molecule has 0 saturated heterocycles. The maximum absolute atomic E-state index is 6.17. The number of rotatable bonds is 4. The molecule has 3 heterocycles. The normalized spacial score (nSPS) is 11.1. The van der Waals surface area contributed by atoms with Crippen LogP contribution in [-0.4, -0.2) is 4.98 Å². The molecule has 0 aliphatic heterocycles. The first kappa shape index (κ1) is 14.2. The predicted molar refractivity (Wildman–Crippen MR) is 99.6 cm³/mol. The summed E-state index contributed by atoms with van der Waals surface area (Å²) in [5, 5.41) is 12.6. The molecule has 0 radical (unpaired) electrons. The van der Waals surface area contributed by atoms with E-state index in [0.717, 1.165) is 27.3 Å². The first-order valence-corrected chi connectivity index (χ1v) is 9.71. The molecule has 0 amide bonds. The van der Waals surface area contributed by atoms with Crippen LogP contribution in [0.25, 0.3) is 20.7 Å². The third-order valence-corrected chi connectivity index (χ3v) is 6.51. The van der Waals surface area contributed by atoms with E-state index in [9.17, 15) is 0 Å². The molecule has 22 heavy (non-hydrogen) atoms. The molecule has 0 atom stereocenters. The van der Waals surface area contributed by atoms with E-state index in [4.69, 9.17) is 11.6 Å². The third kappa shape index (κ3) is 2.65. The van der Waals surface area contributed by atoms with Gasteiger partial charge in [-0.3, -0.25) is 0 Å². The molecule has 2 nitrogen and oxygen atoms in total. The van der Waals surface area contributed by atoms with E-state index in [2.05, 4.69) is 39.9 Å². The van der Waals surface area contributed by atoms with Gasteiger partial charge in [-0.05, 0) is 33.8 Å². The molecule has 6 heteroatoms. The van der Waals surface area contributed by atoms with Crippen LogP contribution in [0.1, 0.15) is 5.56 Å². The first-order chi connectivity index (χ1) is 10.8. The number of anilines is 1. The number of hydrogen-bond acceptors (Lipinski definition) is 5. The molecule has 0 saturated carbocycles. The molecule has 1 N–H and O–H groups in total. The average Bonchev–Trinajstić information content (AvgIpc) is 3.24. The van der Waals surface area contributed by atoms with E-state index in [1.54, 1.807) is 34.0 Å². The molecule has 0 aliphatic rings. The zero-order chi connectivity index (χ0) is 14.9. The van der Waals surface area contributed by atoms with Gasteiger partial charge in [0.15, 0.2) is 5.13 Å². The topological polar surface area (TPSA) is 24.9 Å². The summed E-state index contributed by atoms with van der Waals surface area (Å²) in [5.74, 6) is 0. The van der Waals surface area contributed by atoms with Crippen LogP contribution in [0.5, 0.6) is 0 Å². The van der Waals surface area contributed by atoms with Crippen molar-refractivity contribution in [2.24, 2.45) is 0 Å². The predicted octanol–water partition coefficient (Wildman–Crippen LogP) is 6.35.